The lowest BCUT2D eigenvalue weighted by molar-refractivity contribution is -0.141. The number of fused-ring (bicyclic) bond motifs is 1. The maximum Gasteiger partial charge on any atom is 0.266 e. The zero-order valence-corrected chi connectivity index (χ0v) is 16.2. The second-order valence-electron chi connectivity index (χ2n) is 7.46. The van der Waals surface area contributed by atoms with Crippen LogP contribution in [0.5, 0.6) is 5.75 Å². The molecule has 0 spiro atoms. The molecule has 2 aromatic rings. The number of amides is 1. The molecule has 1 amide bonds. The Morgan fingerprint density at radius 3 is 2.71 bits per heavy atom. The lowest BCUT2D eigenvalue weighted by Gasteiger charge is -2.37. The van der Waals surface area contributed by atoms with Crippen LogP contribution in [-0.2, 0) is 17.8 Å². The Morgan fingerprint density at radius 2 is 1.89 bits per heavy atom. The minimum atomic E-state index is -0.378. The molecule has 0 saturated carbocycles. The zero-order valence-electron chi connectivity index (χ0n) is 16.2. The summed E-state index contributed by atoms with van der Waals surface area (Å²) in [6, 6.07) is 11.2. The summed E-state index contributed by atoms with van der Waals surface area (Å²) in [5.41, 5.74) is 1.94. The van der Waals surface area contributed by atoms with Gasteiger partial charge in [-0.3, -0.25) is 14.5 Å². The number of carbonyl (C=O) groups is 1. The van der Waals surface area contributed by atoms with Crippen molar-refractivity contribution in [3.05, 3.63) is 58.0 Å². The van der Waals surface area contributed by atoms with Crippen molar-refractivity contribution in [1.29, 1.82) is 0 Å². The monoisotopic (exact) mass is 382 g/mol. The molecule has 1 aromatic heterocycles. The maximum absolute atomic E-state index is 12.9. The molecule has 7 nitrogen and oxygen atoms in total. The van der Waals surface area contributed by atoms with Gasteiger partial charge >= 0.3 is 0 Å². The molecule has 1 atom stereocenters. The SMILES string of the molecule is Cc1ccc(=O)n(CCN2CCN(C(=O)C3CCc4ccccc4O3)CC2)n1. The lowest BCUT2D eigenvalue weighted by Crippen LogP contribution is -2.53. The highest BCUT2D eigenvalue weighted by molar-refractivity contribution is 5.81. The van der Waals surface area contributed by atoms with Crippen molar-refractivity contribution in [3.8, 4) is 5.75 Å². The molecule has 0 aliphatic carbocycles. The fourth-order valence-corrected chi connectivity index (χ4v) is 3.84. The van der Waals surface area contributed by atoms with E-state index in [1.165, 1.54) is 10.2 Å². The molecular formula is C21H26N4O3. The Bertz CT molecular complexity index is 903. The number of ether oxygens (including phenoxy) is 1. The van der Waals surface area contributed by atoms with E-state index < -0.39 is 0 Å². The minimum Gasteiger partial charge on any atom is -0.480 e. The van der Waals surface area contributed by atoms with Gasteiger partial charge in [0.25, 0.3) is 11.5 Å². The molecule has 7 heteroatoms. The normalized spacial score (nSPS) is 19.8. The second kappa shape index (κ2) is 8.14. The molecule has 0 radical (unpaired) electrons. The van der Waals surface area contributed by atoms with Gasteiger partial charge in [0.1, 0.15) is 5.75 Å². The van der Waals surface area contributed by atoms with E-state index in [4.69, 9.17) is 4.74 Å². The van der Waals surface area contributed by atoms with E-state index in [-0.39, 0.29) is 17.6 Å². The summed E-state index contributed by atoms with van der Waals surface area (Å²) in [6.07, 6.45) is 1.24. The number of hydrogen-bond donors (Lipinski definition) is 0. The number of rotatable bonds is 4. The number of aryl methyl sites for hydroxylation is 2. The quantitative estimate of drug-likeness (QED) is 0.792. The first-order valence-electron chi connectivity index (χ1n) is 9.90. The molecule has 2 aliphatic heterocycles. The van der Waals surface area contributed by atoms with Gasteiger partial charge in [0, 0.05) is 38.8 Å². The highest BCUT2D eigenvalue weighted by Crippen LogP contribution is 2.27. The lowest BCUT2D eigenvalue weighted by atomic mass is 10.0. The average molecular weight is 382 g/mol. The van der Waals surface area contributed by atoms with Gasteiger partial charge in [-0.25, -0.2) is 4.68 Å². The van der Waals surface area contributed by atoms with Crippen molar-refractivity contribution in [2.45, 2.75) is 32.4 Å². The van der Waals surface area contributed by atoms with Crippen LogP contribution in [0.3, 0.4) is 0 Å². The molecule has 3 heterocycles. The van der Waals surface area contributed by atoms with Crippen LogP contribution in [0.2, 0.25) is 0 Å². The van der Waals surface area contributed by atoms with E-state index in [2.05, 4.69) is 16.1 Å². The first kappa shape index (κ1) is 18.7. The molecule has 4 rings (SSSR count). The molecule has 1 fully saturated rings. The third-order valence-electron chi connectivity index (χ3n) is 5.51. The highest BCUT2D eigenvalue weighted by atomic mass is 16.5. The molecule has 0 N–H and O–H groups in total. The summed E-state index contributed by atoms with van der Waals surface area (Å²) in [6.45, 7) is 6.19. The summed E-state index contributed by atoms with van der Waals surface area (Å²) < 4.78 is 7.47. The topological polar surface area (TPSA) is 67.7 Å². The first-order valence-corrected chi connectivity index (χ1v) is 9.90. The average Bonchev–Trinajstić information content (AvgIpc) is 2.74. The van der Waals surface area contributed by atoms with E-state index in [0.717, 1.165) is 43.9 Å². The Labute approximate surface area is 164 Å². The summed E-state index contributed by atoms with van der Waals surface area (Å²) in [7, 11) is 0. The minimum absolute atomic E-state index is 0.0749. The first-order chi connectivity index (χ1) is 13.6. The van der Waals surface area contributed by atoms with Crippen molar-refractivity contribution in [3.63, 3.8) is 0 Å². The molecule has 2 aliphatic rings. The Balaban J connectivity index is 1.28. The van der Waals surface area contributed by atoms with Gasteiger partial charge in [-0.1, -0.05) is 18.2 Å². The maximum atomic E-state index is 12.9. The smallest absolute Gasteiger partial charge is 0.266 e. The summed E-state index contributed by atoms with van der Waals surface area (Å²) >= 11 is 0. The van der Waals surface area contributed by atoms with Crippen LogP contribution in [0, 0.1) is 6.92 Å². The number of carbonyl (C=O) groups excluding carboxylic acids is 1. The van der Waals surface area contributed by atoms with Gasteiger partial charge in [-0.05, 0) is 37.5 Å². The van der Waals surface area contributed by atoms with Crippen LogP contribution in [0.1, 0.15) is 17.7 Å². The van der Waals surface area contributed by atoms with E-state index >= 15 is 0 Å². The molecule has 0 bridgehead atoms. The predicted molar refractivity (Wildman–Crippen MR) is 105 cm³/mol. The van der Waals surface area contributed by atoms with Crippen LogP contribution < -0.4 is 10.3 Å². The number of benzene rings is 1. The predicted octanol–water partition coefficient (Wildman–Crippen LogP) is 1.09. The van der Waals surface area contributed by atoms with Gasteiger partial charge in [-0.2, -0.15) is 5.10 Å². The van der Waals surface area contributed by atoms with E-state index in [1.807, 2.05) is 30.0 Å². The third kappa shape index (κ3) is 4.09. The third-order valence-corrected chi connectivity index (χ3v) is 5.51. The van der Waals surface area contributed by atoms with E-state index in [9.17, 15) is 9.59 Å². The molecule has 1 saturated heterocycles. The van der Waals surface area contributed by atoms with E-state index in [1.54, 1.807) is 12.1 Å². The van der Waals surface area contributed by atoms with Crippen LogP contribution >= 0.6 is 0 Å². The Hall–Kier alpha value is -2.67. The van der Waals surface area contributed by atoms with Gasteiger partial charge in [0.2, 0.25) is 0 Å². The van der Waals surface area contributed by atoms with Crippen molar-refractivity contribution in [2.75, 3.05) is 32.7 Å². The van der Waals surface area contributed by atoms with Crippen molar-refractivity contribution >= 4 is 5.91 Å². The second-order valence-corrected chi connectivity index (χ2v) is 7.46. The van der Waals surface area contributed by atoms with Crippen LogP contribution in [0.15, 0.2) is 41.2 Å². The molecule has 1 unspecified atom stereocenters. The number of aromatic nitrogens is 2. The van der Waals surface area contributed by atoms with E-state index in [0.29, 0.717) is 19.6 Å². The number of hydrogen-bond acceptors (Lipinski definition) is 5. The Kier molecular flexibility index (Phi) is 5.43. The number of piperazine rings is 1. The number of para-hydroxylation sites is 1. The molecule has 28 heavy (non-hydrogen) atoms. The molecule has 148 valence electrons. The van der Waals surface area contributed by atoms with Gasteiger partial charge in [0.15, 0.2) is 6.10 Å². The zero-order chi connectivity index (χ0) is 19.5. The van der Waals surface area contributed by atoms with Crippen molar-refractivity contribution in [2.24, 2.45) is 0 Å². The van der Waals surface area contributed by atoms with Crippen molar-refractivity contribution < 1.29 is 9.53 Å². The van der Waals surface area contributed by atoms with Crippen LogP contribution in [0.4, 0.5) is 0 Å². The van der Waals surface area contributed by atoms with Gasteiger partial charge in [0.05, 0.1) is 12.2 Å². The largest absolute Gasteiger partial charge is 0.480 e. The molecular weight excluding hydrogens is 356 g/mol. The summed E-state index contributed by atoms with van der Waals surface area (Å²) in [5, 5.41) is 4.28. The van der Waals surface area contributed by atoms with Crippen molar-refractivity contribution in [1.82, 2.24) is 19.6 Å². The summed E-state index contributed by atoms with van der Waals surface area (Å²) in [5.74, 6) is 0.924. The van der Waals surface area contributed by atoms with Gasteiger partial charge < -0.3 is 9.64 Å². The fraction of sp³-hybridized carbons (Fsp3) is 0.476. The molecule has 1 aromatic carbocycles. The summed E-state index contributed by atoms with van der Waals surface area (Å²) in [4.78, 5) is 28.9. The number of nitrogens with zero attached hydrogens (tertiary/aromatic N) is 4. The highest BCUT2D eigenvalue weighted by Gasteiger charge is 2.31. The van der Waals surface area contributed by atoms with Gasteiger partial charge in [-0.15, -0.1) is 0 Å². The fourth-order valence-electron chi connectivity index (χ4n) is 3.84. The Morgan fingerprint density at radius 1 is 1.11 bits per heavy atom. The van der Waals surface area contributed by atoms with Crippen LogP contribution in [0.25, 0.3) is 0 Å². The standard InChI is InChI=1S/C21H26N4O3/c1-16-6-9-20(26)25(22-16)15-12-23-10-13-24(14-11-23)21(27)19-8-7-17-4-2-3-5-18(17)28-19/h2-6,9,19H,7-8,10-15H2,1H3. The van der Waals surface area contributed by atoms with Crippen LogP contribution in [-0.4, -0.2) is 64.3 Å².